The largest absolute Gasteiger partial charge is 0.383 e. The Balaban J connectivity index is 1.69. The summed E-state index contributed by atoms with van der Waals surface area (Å²) in [5.74, 6) is 0.0688. The second kappa shape index (κ2) is 10.4. The third-order valence-corrected chi connectivity index (χ3v) is 7.17. The van der Waals surface area contributed by atoms with E-state index in [1.807, 2.05) is 24.3 Å². The van der Waals surface area contributed by atoms with Gasteiger partial charge in [-0.2, -0.15) is 0 Å². The van der Waals surface area contributed by atoms with Crippen molar-refractivity contribution in [1.29, 1.82) is 0 Å². The second-order valence-corrected chi connectivity index (χ2v) is 9.52. The number of hydrogen-bond donors (Lipinski definition) is 2. The molecule has 0 radical (unpaired) electrons. The molecule has 0 atom stereocenters. The molecule has 1 aliphatic carbocycles. The molecule has 1 aromatic heterocycles. The minimum absolute atomic E-state index is 0.0996. The summed E-state index contributed by atoms with van der Waals surface area (Å²) >= 11 is 6.43. The quantitative estimate of drug-likeness (QED) is 0.429. The molecule has 1 aromatic carbocycles. The molecular formula is C20H23BrN2O3S2. The van der Waals surface area contributed by atoms with Crippen molar-refractivity contribution in [3.8, 4) is 0 Å². The molecule has 3 rings (SSSR count). The van der Waals surface area contributed by atoms with Gasteiger partial charge >= 0.3 is 0 Å². The van der Waals surface area contributed by atoms with Crippen LogP contribution in [0, 0.1) is 0 Å². The van der Waals surface area contributed by atoms with Gasteiger partial charge in [0, 0.05) is 27.9 Å². The molecule has 0 bridgehead atoms. The number of aryl methyl sites for hydroxylation is 1. The van der Waals surface area contributed by atoms with Crippen LogP contribution >= 0.6 is 39.0 Å². The Bertz CT molecular complexity index is 837. The minimum atomic E-state index is -0.132. The van der Waals surface area contributed by atoms with Gasteiger partial charge in [0.2, 0.25) is 5.91 Å². The van der Waals surface area contributed by atoms with E-state index in [1.165, 1.54) is 16.6 Å². The van der Waals surface area contributed by atoms with Crippen LogP contribution < -0.4 is 10.6 Å². The topological polar surface area (TPSA) is 67.4 Å². The first kappa shape index (κ1) is 21.4. The maximum Gasteiger partial charge on any atom is 0.254 e. The number of carbonyl (C=O) groups is 2. The van der Waals surface area contributed by atoms with Crippen molar-refractivity contribution >= 4 is 55.8 Å². The van der Waals surface area contributed by atoms with Gasteiger partial charge in [0.05, 0.1) is 17.9 Å². The van der Waals surface area contributed by atoms with Crippen LogP contribution in [0.1, 0.15) is 33.6 Å². The molecule has 5 nitrogen and oxygen atoms in total. The summed E-state index contributed by atoms with van der Waals surface area (Å²) in [5.41, 5.74) is 1.74. The molecule has 28 heavy (non-hydrogen) atoms. The average molecular weight is 483 g/mol. The predicted octanol–water partition coefficient (Wildman–Crippen LogP) is 4.50. The van der Waals surface area contributed by atoms with Crippen LogP contribution in [-0.4, -0.2) is 37.8 Å². The maximum atomic E-state index is 12.7. The number of halogens is 1. The fourth-order valence-corrected chi connectivity index (χ4v) is 5.36. The number of carbonyl (C=O) groups excluding carboxylic acids is 2. The summed E-state index contributed by atoms with van der Waals surface area (Å²) in [6.07, 6.45) is 4.07. The lowest BCUT2D eigenvalue weighted by Gasteiger charge is -2.13. The Hall–Kier alpha value is -1.35. The van der Waals surface area contributed by atoms with E-state index in [4.69, 9.17) is 4.74 Å². The SMILES string of the molecule is COCCNC(=O)c1c(NC(=O)CSc2ccc(Br)cc2)sc2c1CCCC2. The van der Waals surface area contributed by atoms with E-state index in [-0.39, 0.29) is 11.8 Å². The number of rotatable bonds is 8. The lowest BCUT2D eigenvalue weighted by atomic mass is 9.95. The van der Waals surface area contributed by atoms with Crippen LogP contribution in [0.3, 0.4) is 0 Å². The molecule has 0 saturated heterocycles. The van der Waals surface area contributed by atoms with Gasteiger partial charge in [0.25, 0.3) is 5.91 Å². The van der Waals surface area contributed by atoms with Gasteiger partial charge in [0.1, 0.15) is 5.00 Å². The Morgan fingerprint density at radius 2 is 1.96 bits per heavy atom. The van der Waals surface area contributed by atoms with Gasteiger partial charge in [-0.05, 0) is 55.5 Å². The van der Waals surface area contributed by atoms with E-state index in [2.05, 4.69) is 26.6 Å². The molecular weight excluding hydrogens is 460 g/mol. The first-order chi connectivity index (χ1) is 13.6. The van der Waals surface area contributed by atoms with Crippen molar-refractivity contribution in [1.82, 2.24) is 5.32 Å². The fraction of sp³-hybridized carbons (Fsp3) is 0.400. The van der Waals surface area contributed by atoms with Gasteiger partial charge in [-0.15, -0.1) is 23.1 Å². The number of nitrogens with one attached hydrogen (secondary N) is 2. The van der Waals surface area contributed by atoms with Crippen LogP contribution in [0.25, 0.3) is 0 Å². The smallest absolute Gasteiger partial charge is 0.254 e. The lowest BCUT2D eigenvalue weighted by Crippen LogP contribution is -2.29. The number of amides is 2. The van der Waals surface area contributed by atoms with E-state index in [9.17, 15) is 9.59 Å². The molecule has 2 aromatic rings. The molecule has 0 unspecified atom stereocenters. The summed E-state index contributed by atoms with van der Waals surface area (Å²) in [4.78, 5) is 27.5. The summed E-state index contributed by atoms with van der Waals surface area (Å²) in [5, 5.41) is 6.54. The summed E-state index contributed by atoms with van der Waals surface area (Å²) in [6, 6.07) is 7.85. The number of hydrogen-bond acceptors (Lipinski definition) is 5. The number of benzene rings is 1. The zero-order chi connectivity index (χ0) is 19.9. The first-order valence-corrected chi connectivity index (χ1v) is 11.8. The lowest BCUT2D eigenvalue weighted by molar-refractivity contribution is -0.113. The molecule has 0 aliphatic heterocycles. The summed E-state index contributed by atoms with van der Waals surface area (Å²) < 4.78 is 6.02. The van der Waals surface area contributed by atoms with E-state index >= 15 is 0 Å². The normalized spacial score (nSPS) is 13.1. The molecule has 0 saturated carbocycles. The highest BCUT2D eigenvalue weighted by Crippen LogP contribution is 2.38. The number of fused-ring (bicyclic) bond motifs is 1. The van der Waals surface area contributed by atoms with Crippen molar-refractivity contribution in [3.63, 3.8) is 0 Å². The zero-order valence-corrected chi connectivity index (χ0v) is 18.9. The fourth-order valence-electron chi connectivity index (χ4n) is 3.09. The molecule has 2 amide bonds. The van der Waals surface area contributed by atoms with Gasteiger partial charge < -0.3 is 15.4 Å². The van der Waals surface area contributed by atoms with Crippen LogP contribution in [0.15, 0.2) is 33.6 Å². The molecule has 2 N–H and O–H groups in total. The second-order valence-electron chi connectivity index (χ2n) is 6.45. The molecule has 0 fully saturated rings. The first-order valence-electron chi connectivity index (χ1n) is 9.18. The molecule has 1 aliphatic rings. The van der Waals surface area contributed by atoms with Crippen LogP contribution in [0.5, 0.6) is 0 Å². The number of methoxy groups -OCH3 is 1. The van der Waals surface area contributed by atoms with Crippen molar-refractivity contribution in [2.45, 2.75) is 30.6 Å². The van der Waals surface area contributed by atoms with Crippen molar-refractivity contribution in [2.75, 3.05) is 31.3 Å². The molecule has 0 spiro atoms. The molecule has 8 heteroatoms. The highest BCUT2D eigenvalue weighted by molar-refractivity contribution is 9.10. The number of anilines is 1. The van der Waals surface area contributed by atoms with E-state index < -0.39 is 0 Å². The van der Waals surface area contributed by atoms with Gasteiger partial charge in [-0.25, -0.2) is 0 Å². The monoisotopic (exact) mass is 482 g/mol. The molecule has 150 valence electrons. The highest BCUT2D eigenvalue weighted by Gasteiger charge is 2.26. The van der Waals surface area contributed by atoms with Gasteiger partial charge in [-0.3, -0.25) is 9.59 Å². The standard InChI is InChI=1S/C20H23BrN2O3S2/c1-26-11-10-22-19(25)18-15-4-2-3-5-16(15)28-20(18)23-17(24)12-27-14-8-6-13(21)7-9-14/h6-9H,2-5,10-12H2,1H3,(H,22,25)(H,23,24). The number of thioether (sulfide) groups is 1. The van der Waals surface area contributed by atoms with Crippen LogP contribution in [0.4, 0.5) is 5.00 Å². The maximum absolute atomic E-state index is 12.7. The van der Waals surface area contributed by atoms with Gasteiger partial charge in [0.15, 0.2) is 0 Å². The third kappa shape index (κ3) is 5.59. The Labute approximate surface area is 181 Å². The molecule has 1 heterocycles. The van der Waals surface area contributed by atoms with Gasteiger partial charge in [-0.1, -0.05) is 15.9 Å². The Kier molecular flexibility index (Phi) is 7.96. The Morgan fingerprint density at radius 3 is 2.71 bits per heavy atom. The van der Waals surface area contributed by atoms with E-state index in [1.54, 1.807) is 18.4 Å². The number of ether oxygens (including phenoxy) is 1. The summed E-state index contributed by atoms with van der Waals surface area (Å²) in [6.45, 7) is 0.913. The van der Waals surface area contributed by atoms with Crippen LogP contribution in [0.2, 0.25) is 0 Å². The zero-order valence-electron chi connectivity index (χ0n) is 15.7. The number of thiophene rings is 1. The van der Waals surface area contributed by atoms with E-state index in [0.29, 0.717) is 29.5 Å². The van der Waals surface area contributed by atoms with Crippen molar-refractivity contribution in [3.05, 3.63) is 44.7 Å². The Morgan fingerprint density at radius 1 is 1.21 bits per heavy atom. The van der Waals surface area contributed by atoms with Crippen molar-refractivity contribution in [2.24, 2.45) is 0 Å². The van der Waals surface area contributed by atoms with E-state index in [0.717, 1.165) is 40.6 Å². The van der Waals surface area contributed by atoms with Crippen molar-refractivity contribution < 1.29 is 14.3 Å². The third-order valence-electron chi connectivity index (χ3n) is 4.43. The summed E-state index contributed by atoms with van der Waals surface area (Å²) in [7, 11) is 1.60. The minimum Gasteiger partial charge on any atom is -0.383 e. The predicted molar refractivity (Wildman–Crippen MR) is 119 cm³/mol. The average Bonchev–Trinajstić information content (AvgIpc) is 3.05. The van der Waals surface area contributed by atoms with Crippen LogP contribution in [-0.2, 0) is 22.4 Å². The highest BCUT2D eigenvalue weighted by atomic mass is 79.9.